The lowest BCUT2D eigenvalue weighted by atomic mass is 9.85. The van der Waals surface area contributed by atoms with Crippen molar-refractivity contribution in [3.05, 3.63) is 248 Å². The molecule has 0 unspecified atom stereocenters. The van der Waals surface area contributed by atoms with Crippen molar-refractivity contribution in [3.63, 3.8) is 0 Å². The quantitative estimate of drug-likeness (QED) is 0.141. The van der Waals surface area contributed by atoms with Crippen LogP contribution in [0.1, 0.15) is 5.56 Å². The first kappa shape index (κ1) is 37.5. The van der Waals surface area contributed by atoms with Crippen LogP contribution in [0.4, 0.5) is 0 Å². The molecule has 0 aliphatic rings. The highest BCUT2D eigenvalue weighted by Gasteiger charge is 2.18. The van der Waals surface area contributed by atoms with Gasteiger partial charge in [0.2, 0.25) is 0 Å². The number of aryl methyl sites for hydroxylation is 1. The molecule has 1 heteroatoms. The van der Waals surface area contributed by atoms with E-state index in [0.29, 0.717) is 0 Å². The Labute approximate surface area is 373 Å². The van der Waals surface area contributed by atoms with Crippen LogP contribution >= 0.6 is 0 Å². The maximum absolute atomic E-state index is 2.39. The van der Waals surface area contributed by atoms with Crippen molar-refractivity contribution in [3.8, 4) is 72.4 Å². The van der Waals surface area contributed by atoms with Gasteiger partial charge < -0.3 is 4.57 Å². The number of hydrogen-bond donors (Lipinski definition) is 0. The van der Waals surface area contributed by atoms with E-state index in [0.717, 1.165) is 0 Å². The van der Waals surface area contributed by atoms with Crippen molar-refractivity contribution in [2.24, 2.45) is 0 Å². The molecule has 0 amide bonds. The lowest BCUT2D eigenvalue weighted by molar-refractivity contribution is 1.17. The van der Waals surface area contributed by atoms with Crippen molar-refractivity contribution in [1.29, 1.82) is 0 Å². The van der Waals surface area contributed by atoms with Crippen LogP contribution in [0.15, 0.2) is 243 Å². The molecule has 0 saturated carbocycles. The van der Waals surface area contributed by atoms with Crippen LogP contribution < -0.4 is 0 Å². The van der Waals surface area contributed by atoms with Gasteiger partial charge >= 0.3 is 0 Å². The predicted molar refractivity (Wildman–Crippen MR) is 273 cm³/mol. The smallest absolute Gasteiger partial charge is 0.0541 e. The second-order valence-corrected chi connectivity index (χ2v) is 16.9. The topological polar surface area (TPSA) is 4.93 Å². The lowest BCUT2D eigenvalue weighted by Gasteiger charge is -2.18. The molecule has 0 atom stereocenters. The van der Waals surface area contributed by atoms with Gasteiger partial charge in [-0.15, -0.1) is 0 Å². The maximum atomic E-state index is 2.39. The van der Waals surface area contributed by atoms with Gasteiger partial charge in [-0.2, -0.15) is 0 Å². The minimum Gasteiger partial charge on any atom is -0.309 e. The van der Waals surface area contributed by atoms with E-state index in [1.54, 1.807) is 0 Å². The molecule has 12 rings (SSSR count). The molecular formula is C63H43N. The van der Waals surface area contributed by atoms with Crippen molar-refractivity contribution in [2.75, 3.05) is 0 Å². The molecule has 12 aromatic rings. The van der Waals surface area contributed by atoms with Crippen LogP contribution in [-0.2, 0) is 0 Å². The molecule has 0 radical (unpaired) electrons. The van der Waals surface area contributed by atoms with Gasteiger partial charge in [0.25, 0.3) is 0 Å². The van der Waals surface area contributed by atoms with E-state index in [9.17, 15) is 0 Å². The highest BCUT2D eigenvalue weighted by molar-refractivity contribution is 6.21. The molecule has 0 aliphatic carbocycles. The fourth-order valence-corrected chi connectivity index (χ4v) is 9.95. The first-order chi connectivity index (χ1) is 31.6. The molecule has 11 aromatic carbocycles. The summed E-state index contributed by atoms with van der Waals surface area (Å²) in [6.45, 7) is 2.16. The Kier molecular flexibility index (Phi) is 9.13. The highest BCUT2D eigenvalue weighted by Crippen LogP contribution is 2.44. The van der Waals surface area contributed by atoms with Crippen LogP contribution in [0.2, 0.25) is 0 Å². The monoisotopic (exact) mass is 813 g/mol. The fraction of sp³-hybridized carbons (Fsp3) is 0.0159. The summed E-state index contributed by atoms with van der Waals surface area (Å²) in [4.78, 5) is 0. The number of rotatable bonds is 7. The Morgan fingerprint density at radius 1 is 0.234 bits per heavy atom. The largest absolute Gasteiger partial charge is 0.309 e. The van der Waals surface area contributed by atoms with E-state index in [4.69, 9.17) is 0 Å². The average molecular weight is 814 g/mol. The van der Waals surface area contributed by atoms with Gasteiger partial charge in [0.05, 0.1) is 11.0 Å². The number of aromatic nitrogens is 1. The molecule has 0 spiro atoms. The van der Waals surface area contributed by atoms with Gasteiger partial charge in [-0.3, -0.25) is 0 Å². The summed E-state index contributed by atoms with van der Waals surface area (Å²) in [6, 6.07) is 89.0. The average Bonchev–Trinajstić information content (AvgIpc) is 3.70. The van der Waals surface area contributed by atoms with Crippen LogP contribution in [0, 0.1) is 6.92 Å². The van der Waals surface area contributed by atoms with Crippen molar-refractivity contribution in [1.82, 2.24) is 4.57 Å². The van der Waals surface area contributed by atoms with Gasteiger partial charge in [-0.1, -0.05) is 212 Å². The fourth-order valence-electron chi connectivity index (χ4n) is 9.95. The van der Waals surface area contributed by atoms with Crippen LogP contribution in [-0.4, -0.2) is 4.57 Å². The van der Waals surface area contributed by atoms with Gasteiger partial charge in [0, 0.05) is 16.5 Å². The molecule has 0 aliphatic heterocycles. The van der Waals surface area contributed by atoms with E-state index in [-0.39, 0.29) is 0 Å². The zero-order valence-electron chi connectivity index (χ0n) is 35.5. The highest BCUT2D eigenvalue weighted by atomic mass is 15.0. The molecule has 0 N–H and O–H groups in total. The molecule has 1 heterocycles. The summed E-state index contributed by atoms with van der Waals surface area (Å²) < 4.78 is 2.39. The molecule has 1 nitrogen and oxygen atoms in total. The third-order valence-electron chi connectivity index (χ3n) is 13.1. The number of hydrogen-bond acceptors (Lipinski definition) is 0. The first-order valence-electron chi connectivity index (χ1n) is 22.2. The maximum Gasteiger partial charge on any atom is 0.0541 e. The summed E-state index contributed by atoms with van der Waals surface area (Å²) in [7, 11) is 0. The Morgan fingerprint density at radius 2 is 0.594 bits per heavy atom. The van der Waals surface area contributed by atoms with Gasteiger partial charge in [0.1, 0.15) is 0 Å². The second-order valence-electron chi connectivity index (χ2n) is 16.9. The second kappa shape index (κ2) is 15.6. The summed E-state index contributed by atoms with van der Waals surface area (Å²) in [5.74, 6) is 0. The van der Waals surface area contributed by atoms with Crippen LogP contribution in [0.5, 0.6) is 0 Å². The van der Waals surface area contributed by atoms with E-state index in [1.165, 1.54) is 121 Å². The van der Waals surface area contributed by atoms with Crippen molar-refractivity contribution >= 4 is 43.4 Å². The van der Waals surface area contributed by atoms with Gasteiger partial charge in [0.15, 0.2) is 0 Å². The normalized spacial score (nSPS) is 11.5. The molecule has 1 aromatic heterocycles. The molecule has 0 saturated heterocycles. The Balaban J connectivity index is 0.858. The lowest BCUT2D eigenvalue weighted by Crippen LogP contribution is -1.94. The van der Waals surface area contributed by atoms with Crippen molar-refractivity contribution in [2.45, 2.75) is 6.92 Å². The van der Waals surface area contributed by atoms with Crippen LogP contribution in [0.3, 0.4) is 0 Å². The number of nitrogens with zero attached hydrogens (tertiary/aromatic N) is 1. The zero-order chi connectivity index (χ0) is 42.6. The van der Waals surface area contributed by atoms with E-state index in [2.05, 4.69) is 254 Å². The van der Waals surface area contributed by atoms with Gasteiger partial charge in [-0.25, -0.2) is 0 Å². The Morgan fingerprint density at radius 3 is 1.06 bits per heavy atom. The number of para-hydroxylation sites is 1. The summed E-state index contributed by atoms with van der Waals surface area (Å²) >= 11 is 0. The number of benzene rings is 11. The standard InChI is InChI=1S/C63H43N/c1-42-12-11-15-53(40-42)64-60-21-10-9-16-54(60)59-41-52(38-39-61(59)64)49-28-26-46(27-29-49)48-32-36-51(37-33-48)63-57-19-7-5-17-55(57)62(56-18-6-8-20-58(56)63)50-34-30-47(31-35-50)45-24-22-44(23-25-45)43-13-3-2-4-14-43/h2-41H,1H3. The Hall–Kier alpha value is -8.26. The van der Waals surface area contributed by atoms with E-state index in [1.807, 2.05) is 0 Å². The molecule has 0 bridgehead atoms. The summed E-state index contributed by atoms with van der Waals surface area (Å²) in [5.41, 5.74) is 19.6. The summed E-state index contributed by atoms with van der Waals surface area (Å²) in [5, 5.41) is 7.56. The number of fused-ring (bicyclic) bond motifs is 5. The van der Waals surface area contributed by atoms with Crippen molar-refractivity contribution < 1.29 is 0 Å². The van der Waals surface area contributed by atoms with Gasteiger partial charge in [-0.05, 0) is 131 Å². The molecule has 0 fully saturated rings. The van der Waals surface area contributed by atoms with E-state index < -0.39 is 0 Å². The minimum absolute atomic E-state index is 1.19. The van der Waals surface area contributed by atoms with Crippen LogP contribution in [0.25, 0.3) is 116 Å². The van der Waals surface area contributed by atoms with E-state index >= 15 is 0 Å². The third kappa shape index (κ3) is 6.49. The predicted octanol–water partition coefficient (Wildman–Crippen LogP) is 17.4. The molecule has 64 heavy (non-hydrogen) atoms. The zero-order valence-corrected chi connectivity index (χ0v) is 35.5. The molecular weight excluding hydrogens is 771 g/mol. The minimum atomic E-state index is 1.19. The third-order valence-corrected chi connectivity index (χ3v) is 13.1. The summed E-state index contributed by atoms with van der Waals surface area (Å²) in [6.07, 6.45) is 0. The Bertz CT molecular complexity index is 3610. The SMILES string of the molecule is Cc1cccc(-n2c3ccccc3c3cc(-c4ccc(-c5ccc(-c6c7ccccc7c(-c7ccc(-c8ccc(-c9ccccc9)cc8)cc7)c7ccccc67)cc5)cc4)ccc32)c1. The molecule has 300 valence electrons. The first-order valence-corrected chi connectivity index (χ1v) is 22.2.